The number of nitrogens with zero attached hydrogens (tertiary/aromatic N) is 3. The average Bonchev–Trinajstić information content (AvgIpc) is 3.22. The molecule has 1 heterocycles. The first kappa shape index (κ1) is 21.8. The first-order chi connectivity index (χ1) is 15.6. The molecule has 0 aliphatic rings. The second-order valence-corrected chi connectivity index (χ2v) is 8.94. The van der Waals surface area contributed by atoms with Crippen molar-refractivity contribution in [2.45, 2.75) is 36.7 Å². The number of para-hydroxylation sites is 1. The summed E-state index contributed by atoms with van der Waals surface area (Å²) >= 11 is 1.42. The van der Waals surface area contributed by atoms with Crippen molar-refractivity contribution >= 4 is 17.7 Å². The van der Waals surface area contributed by atoms with Crippen molar-refractivity contribution in [3.05, 3.63) is 108 Å². The van der Waals surface area contributed by atoms with Gasteiger partial charge in [0.2, 0.25) is 5.91 Å². The summed E-state index contributed by atoms with van der Waals surface area (Å²) in [5.74, 6) is 0.814. The summed E-state index contributed by atoms with van der Waals surface area (Å²) in [5.41, 5.74) is 3.22. The number of hydrogen-bond donors (Lipinski definition) is 1. The van der Waals surface area contributed by atoms with Gasteiger partial charge in [-0.15, -0.1) is 10.2 Å². The maximum atomic E-state index is 12.9. The van der Waals surface area contributed by atoms with E-state index in [1.54, 1.807) is 0 Å². The van der Waals surface area contributed by atoms with Crippen LogP contribution in [0.3, 0.4) is 0 Å². The Bertz CT molecular complexity index is 1150. The minimum atomic E-state index is -0.322. The van der Waals surface area contributed by atoms with E-state index in [0.29, 0.717) is 11.6 Å². The number of thioether (sulfide) groups is 1. The zero-order valence-electron chi connectivity index (χ0n) is 18.2. The van der Waals surface area contributed by atoms with Crippen LogP contribution in [0.25, 0.3) is 5.69 Å². The Morgan fingerprint density at radius 1 is 0.875 bits per heavy atom. The van der Waals surface area contributed by atoms with E-state index in [9.17, 15) is 4.79 Å². The number of aromatic nitrogens is 3. The highest BCUT2D eigenvalue weighted by molar-refractivity contribution is 8.00. The summed E-state index contributed by atoms with van der Waals surface area (Å²) in [7, 11) is 0. The normalized spacial score (nSPS) is 12.8. The molecule has 6 heteroatoms. The van der Waals surface area contributed by atoms with Gasteiger partial charge in [-0.05, 0) is 37.1 Å². The topological polar surface area (TPSA) is 59.8 Å². The van der Waals surface area contributed by atoms with Crippen LogP contribution in [0.2, 0.25) is 0 Å². The Hall–Kier alpha value is -3.38. The highest BCUT2D eigenvalue weighted by Gasteiger charge is 2.22. The van der Waals surface area contributed by atoms with Gasteiger partial charge in [-0.25, -0.2) is 0 Å². The van der Waals surface area contributed by atoms with Crippen LogP contribution in [-0.2, 0) is 11.2 Å². The predicted octanol–water partition coefficient (Wildman–Crippen LogP) is 5.22. The molecule has 0 aliphatic heterocycles. The Labute approximate surface area is 192 Å². The van der Waals surface area contributed by atoms with Crippen molar-refractivity contribution in [2.24, 2.45) is 0 Å². The lowest BCUT2D eigenvalue weighted by molar-refractivity contribution is -0.120. The van der Waals surface area contributed by atoms with Gasteiger partial charge in [0.25, 0.3) is 0 Å². The molecular formula is C26H26N4OS. The van der Waals surface area contributed by atoms with Crippen molar-refractivity contribution in [1.29, 1.82) is 0 Å². The molecule has 0 radical (unpaired) electrons. The lowest BCUT2D eigenvalue weighted by Crippen LogP contribution is -2.33. The van der Waals surface area contributed by atoms with Crippen LogP contribution >= 0.6 is 11.8 Å². The average molecular weight is 443 g/mol. The molecule has 4 rings (SSSR count). The summed E-state index contributed by atoms with van der Waals surface area (Å²) in [5, 5.41) is 12.4. The van der Waals surface area contributed by atoms with Gasteiger partial charge in [0.15, 0.2) is 5.16 Å². The van der Waals surface area contributed by atoms with Crippen LogP contribution < -0.4 is 5.32 Å². The van der Waals surface area contributed by atoms with Crippen molar-refractivity contribution in [3.8, 4) is 5.69 Å². The van der Waals surface area contributed by atoms with E-state index < -0.39 is 0 Å². The van der Waals surface area contributed by atoms with E-state index in [0.717, 1.165) is 22.6 Å². The summed E-state index contributed by atoms with van der Waals surface area (Å²) in [4.78, 5) is 12.9. The van der Waals surface area contributed by atoms with Gasteiger partial charge in [-0.3, -0.25) is 9.36 Å². The molecule has 0 aliphatic carbocycles. The maximum absolute atomic E-state index is 12.9. The number of hydrogen-bond acceptors (Lipinski definition) is 4. The van der Waals surface area contributed by atoms with Crippen molar-refractivity contribution < 1.29 is 4.79 Å². The number of carbonyl (C=O) groups excluding carboxylic acids is 1. The van der Waals surface area contributed by atoms with Crippen molar-refractivity contribution in [3.63, 3.8) is 0 Å². The third-order valence-corrected chi connectivity index (χ3v) is 6.27. The van der Waals surface area contributed by atoms with Gasteiger partial charge in [-0.1, -0.05) is 90.6 Å². The van der Waals surface area contributed by atoms with Crippen LogP contribution in [0.4, 0.5) is 0 Å². The molecule has 1 aromatic heterocycles. The van der Waals surface area contributed by atoms with Crippen molar-refractivity contribution in [2.75, 3.05) is 0 Å². The van der Waals surface area contributed by atoms with Gasteiger partial charge >= 0.3 is 0 Å². The fourth-order valence-corrected chi connectivity index (χ4v) is 4.37. The van der Waals surface area contributed by atoms with Crippen LogP contribution in [0, 0.1) is 0 Å². The molecule has 32 heavy (non-hydrogen) atoms. The Morgan fingerprint density at radius 2 is 1.47 bits per heavy atom. The molecule has 0 spiro atoms. The van der Waals surface area contributed by atoms with E-state index >= 15 is 0 Å². The van der Waals surface area contributed by atoms with E-state index in [-0.39, 0.29) is 17.2 Å². The van der Waals surface area contributed by atoms with Gasteiger partial charge in [0.05, 0.1) is 11.3 Å². The summed E-state index contributed by atoms with van der Waals surface area (Å²) in [6.45, 7) is 3.90. The molecule has 3 aromatic carbocycles. The largest absolute Gasteiger partial charge is 0.349 e. The number of nitrogens with one attached hydrogen (secondary N) is 1. The Morgan fingerprint density at radius 3 is 2.12 bits per heavy atom. The van der Waals surface area contributed by atoms with Crippen LogP contribution in [0.15, 0.2) is 96.2 Å². The molecule has 2 atom stereocenters. The van der Waals surface area contributed by atoms with Crippen LogP contribution in [0.1, 0.15) is 36.8 Å². The van der Waals surface area contributed by atoms with Crippen LogP contribution in [0.5, 0.6) is 0 Å². The molecule has 2 unspecified atom stereocenters. The molecule has 0 bridgehead atoms. The lowest BCUT2D eigenvalue weighted by atomic mass is 10.1. The van der Waals surface area contributed by atoms with Gasteiger partial charge in [0.1, 0.15) is 5.82 Å². The molecule has 0 saturated heterocycles. The van der Waals surface area contributed by atoms with Crippen molar-refractivity contribution in [1.82, 2.24) is 20.1 Å². The number of amides is 1. The Balaban J connectivity index is 1.54. The fraction of sp³-hybridized carbons (Fsp3) is 0.192. The fourth-order valence-electron chi connectivity index (χ4n) is 3.47. The maximum Gasteiger partial charge on any atom is 0.233 e. The SMILES string of the molecule is CC(Sc1nnc(Cc2ccccc2)n1-c1ccccc1)C(=O)NC(C)c1ccccc1. The zero-order chi connectivity index (χ0) is 22.3. The van der Waals surface area contributed by atoms with E-state index in [1.807, 2.05) is 97.3 Å². The zero-order valence-corrected chi connectivity index (χ0v) is 19.0. The predicted molar refractivity (Wildman–Crippen MR) is 129 cm³/mol. The highest BCUT2D eigenvalue weighted by atomic mass is 32.2. The number of carbonyl (C=O) groups is 1. The molecule has 0 saturated carbocycles. The molecule has 5 nitrogen and oxygen atoms in total. The third kappa shape index (κ3) is 5.26. The highest BCUT2D eigenvalue weighted by Crippen LogP contribution is 2.27. The lowest BCUT2D eigenvalue weighted by Gasteiger charge is -2.18. The molecule has 162 valence electrons. The first-order valence-electron chi connectivity index (χ1n) is 10.7. The molecular weight excluding hydrogens is 416 g/mol. The van der Waals surface area contributed by atoms with Gasteiger partial charge < -0.3 is 5.32 Å². The summed E-state index contributed by atoms with van der Waals surface area (Å²) in [6.07, 6.45) is 0.662. The standard InChI is InChI=1S/C26H26N4OS/c1-19(22-14-8-4-9-15-22)27-25(31)20(2)32-26-29-28-24(18-21-12-6-3-7-13-21)30(26)23-16-10-5-11-17-23/h3-17,19-20H,18H2,1-2H3,(H,27,31). The minimum Gasteiger partial charge on any atom is -0.349 e. The summed E-state index contributed by atoms with van der Waals surface area (Å²) < 4.78 is 2.04. The molecule has 1 amide bonds. The third-order valence-electron chi connectivity index (χ3n) is 5.23. The van der Waals surface area contributed by atoms with E-state index in [1.165, 1.54) is 11.8 Å². The quantitative estimate of drug-likeness (QED) is 0.380. The van der Waals surface area contributed by atoms with Crippen LogP contribution in [-0.4, -0.2) is 25.9 Å². The van der Waals surface area contributed by atoms with E-state index in [4.69, 9.17) is 0 Å². The molecule has 4 aromatic rings. The summed E-state index contributed by atoms with van der Waals surface area (Å²) in [6, 6.07) is 30.2. The van der Waals surface area contributed by atoms with Gasteiger partial charge in [0, 0.05) is 12.1 Å². The first-order valence-corrected chi connectivity index (χ1v) is 11.6. The van der Waals surface area contributed by atoms with Gasteiger partial charge in [-0.2, -0.15) is 0 Å². The molecule has 1 N–H and O–H groups in total. The molecule has 0 fully saturated rings. The monoisotopic (exact) mass is 442 g/mol. The minimum absolute atomic E-state index is 0.0291. The smallest absolute Gasteiger partial charge is 0.233 e. The number of rotatable bonds is 8. The number of benzene rings is 3. The Kier molecular flexibility index (Phi) is 7.02. The van der Waals surface area contributed by atoms with E-state index in [2.05, 4.69) is 27.6 Å². The second-order valence-electron chi connectivity index (χ2n) is 7.63. The second kappa shape index (κ2) is 10.3.